The number of allylic oxidation sites excluding steroid dienone is 2. The van der Waals surface area contributed by atoms with Crippen molar-refractivity contribution < 1.29 is 33.4 Å². The molecule has 11 nitrogen and oxygen atoms in total. The van der Waals surface area contributed by atoms with Crippen molar-refractivity contribution >= 4 is 23.8 Å². The second kappa shape index (κ2) is 10.1. The first-order valence-corrected chi connectivity index (χ1v) is 12.7. The number of carbonyl (C=O) groups excluding carboxylic acids is 4. The summed E-state index contributed by atoms with van der Waals surface area (Å²) in [6, 6.07) is -0.749. The lowest BCUT2D eigenvalue weighted by atomic mass is 9.82. The molecule has 11 heteroatoms. The molecule has 2 saturated heterocycles. The van der Waals surface area contributed by atoms with Gasteiger partial charge in [-0.05, 0) is 13.3 Å². The summed E-state index contributed by atoms with van der Waals surface area (Å²) in [7, 11) is 1.45. The molecule has 0 saturated carbocycles. The summed E-state index contributed by atoms with van der Waals surface area (Å²) in [5.74, 6) is -1.74. The van der Waals surface area contributed by atoms with Gasteiger partial charge in [-0.25, -0.2) is 9.59 Å². The second-order valence-electron chi connectivity index (χ2n) is 9.86. The first-order valence-electron chi connectivity index (χ1n) is 12.7. The number of ether oxygens (including phenoxy) is 3. The maximum Gasteiger partial charge on any atom is 0.410 e. The summed E-state index contributed by atoms with van der Waals surface area (Å²) < 4.78 is 16.6. The van der Waals surface area contributed by atoms with E-state index in [2.05, 4.69) is 6.92 Å². The highest BCUT2D eigenvalue weighted by Gasteiger charge is 2.78. The highest BCUT2D eigenvalue weighted by Crippen LogP contribution is 2.59. The minimum Gasteiger partial charge on any atom is -0.449 e. The maximum absolute atomic E-state index is 13.2. The van der Waals surface area contributed by atoms with Crippen molar-refractivity contribution in [3.63, 3.8) is 0 Å². The number of fused-ring (bicyclic) bond motifs is 4. The SMILES string of the molecule is CCCCCCCCCOC(=O)N1C2CN3C4=C(C(=O)C(N)=C(C)C4=O)C(COC(N)=O)C3(OC)C21. The van der Waals surface area contributed by atoms with Gasteiger partial charge >= 0.3 is 12.2 Å². The van der Waals surface area contributed by atoms with Crippen LogP contribution in [-0.2, 0) is 23.8 Å². The van der Waals surface area contributed by atoms with Crippen molar-refractivity contribution in [2.24, 2.45) is 17.4 Å². The Morgan fingerprint density at radius 3 is 2.36 bits per heavy atom. The molecule has 4 rings (SSSR count). The standard InChI is InChI=1S/C25H36N4O7/c1-4-5-6-7-8-9-10-11-35-24(33)29-16-12-28-19-17(21(31)18(26)14(2)20(19)30)15(13-36-23(27)32)25(28,34-3)22(16)29/h15-16,22H,4-13,26H2,1-3H3,(H2,27,32). The summed E-state index contributed by atoms with van der Waals surface area (Å²) in [6.45, 7) is 4.00. The molecule has 0 aromatic rings. The third kappa shape index (κ3) is 4.03. The summed E-state index contributed by atoms with van der Waals surface area (Å²) in [6.07, 6.45) is 6.29. The largest absolute Gasteiger partial charge is 0.449 e. The molecule has 2 amide bonds. The van der Waals surface area contributed by atoms with Gasteiger partial charge < -0.3 is 30.6 Å². The molecule has 2 fully saturated rings. The molecule has 3 aliphatic heterocycles. The number of ketones is 2. The van der Waals surface area contributed by atoms with E-state index in [-0.39, 0.29) is 47.5 Å². The number of carbonyl (C=O) groups is 4. The zero-order chi connectivity index (χ0) is 26.2. The predicted octanol–water partition coefficient (Wildman–Crippen LogP) is 1.95. The van der Waals surface area contributed by atoms with Crippen molar-refractivity contribution in [2.45, 2.75) is 76.6 Å². The van der Waals surface area contributed by atoms with Crippen molar-refractivity contribution in [3.05, 3.63) is 22.5 Å². The number of primary amides is 1. The first kappa shape index (κ1) is 26.0. The Kier molecular flexibility index (Phi) is 7.31. The monoisotopic (exact) mass is 504 g/mol. The molecule has 1 aliphatic carbocycles. The molecule has 3 heterocycles. The fourth-order valence-corrected chi connectivity index (χ4v) is 6.02. The van der Waals surface area contributed by atoms with E-state index >= 15 is 0 Å². The van der Waals surface area contributed by atoms with Gasteiger partial charge in [0.1, 0.15) is 12.6 Å². The third-order valence-electron chi connectivity index (χ3n) is 7.87. The molecule has 0 spiro atoms. The van der Waals surface area contributed by atoms with Gasteiger partial charge in [-0.15, -0.1) is 0 Å². The van der Waals surface area contributed by atoms with E-state index in [1.165, 1.54) is 39.7 Å². The normalized spacial score (nSPS) is 28.4. The molecule has 4 unspecified atom stereocenters. The molecular weight excluding hydrogens is 468 g/mol. The number of nitrogens with two attached hydrogens (primary N) is 2. The fraction of sp³-hybridized carbons (Fsp3) is 0.680. The van der Waals surface area contributed by atoms with Crippen molar-refractivity contribution in [1.82, 2.24) is 9.80 Å². The molecule has 0 bridgehead atoms. The molecule has 0 aromatic carbocycles. The minimum atomic E-state index is -1.28. The van der Waals surface area contributed by atoms with Crippen LogP contribution in [0.15, 0.2) is 22.5 Å². The van der Waals surface area contributed by atoms with Crippen LogP contribution < -0.4 is 11.5 Å². The second-order valence-corrected chi connectivity index (χ2v) is 9.86. The van der Waals surface area contributed by atoms with Gasteiger partial charge in [0.25, 0.3) is 0 Å². The molecule has 0 radical (unpaired) electrons. The molecular formula is C25H36N4O7. The number of rotatable bonds is 11. The van der Waals surface area contributed by atoms with Crippen LogP contribution in [0.4, 0.5) is 9.59 Å². The average Bonchev–Trinajstić information content (AvgIpc) is 3.36. The van der Waals surface area contributed by atoms with E-state index in [9.17, 15) is 19.2 Å². The van der Waals surface area contributed by atoms with E-state index in [0.717, 1.165) is 19.3 Å². The number of amides is 2. The third-order valence-corrected chi connectivity index (χ3v) is 7.87. The van der Waals surface area contributed by atoms with Gasteiger partial charge in [-0.1, -0.05) is 45.4 Å². The number of piperazine rings is 1. The van der Waals surface area contributed by atoms with Gasteiger partial charge in [0.05, 0.1) is 30.0 Å². The van der Waals surface area contributed by atoms with Crippen LogP contribution in [0.5, 0.6) is 0 Å². The van der Waals surface area contributed by atoms with Crippen LogP contribution in [0.3, 0.4) is 0 Å². The molecule has 198 valence electrons. The van der Waals surface area contributed by atoms with Gasteiger partial charge in [0.15, 0.2) is 5.72 Å². The Labute approximate surface area is 210 Å². The van der Waals surface area contributed by atoms with Gasteiger partial charge in [0, 0.05) is 24.8 Å². The van der Waals surface area contributed by atoms with Crippen LogP contribution in [0.2, 0.25) is 0 Å². The van der Waals surface area contributed by atoms with Crippen LogP contribution in [0, 0.1) is 5.92 Å². The summed E-state index contributed by atoms with van der Waals surface area (Å²) in [5.41, 5.74) is 10.2. The Bertz CT molecular complexity index is 1020. The molecule has 4 N–H and O–H groups in total. The van der Waals surface area contributed by atoms with E-state index in [1.54, 1.807) is 9.80 Å². The number of unbranched alkanes of at least 4 members (excludes halogenated alkanes) is 6. The zero-order valence-corrected chi connectivity index (χ0v) is 21.2. The zero-order valence-electron chi connectivity index (χ0n) is 21.2. The Morgan fingerprint density at radius 2 is 1.72 bits per heavy atom. The number of nitrogens with zero attached hydrogens (tertiary/aromatic N) is 2. The topological polar surface area (TPSA) is 154 Å². The quantitative estimate of drug-likeness (QED) is 0.244. The van der Waals surface area contributed by atoms with Gasteiger partial charge in [-0.2, -0.15) is 0 Å². The van der Waals surface area contributed by atoms with Crippen LogP contribution in [0.1, 0.15) is 58.8 Å². The van der Waals surface area contributed by atoms with Crippen molar-refractivity contribution in [2.75, 3.05) is 26.9 Å². The van der Waals surface area contributed by atoms with E-state index in [1.807, 2.05) is 0 Å². The predicted molar refractivity (Wildman–Crippen MR) is 128 cm³/mol. The smallest absolute Gasteiger partial charge is 0.410 e. The number of hydrogen-bond acceptors (Lipinski definition) is 9. The summed E-state index contributed by atoms with van der Waals surface area (Å²) in [5, 5.41) is 0. The Hall–Kier alpha value is -3.08. The van der Waals surface area contributed by atoms with Crippen molar-refractivity contribution in [1.29, 1.82) is 0 Å². The van der Waals surface area contributed by atoms with Crippen LogP contribution >= 0.6 is 0 Å². The number of hydrogen-bond donors (Lipinski definition) is 2. The molecule has 4 aliphatic rings. The lowest BCUT2D eigenvalue weighted by Crippen LogP contribution is -2.56. The Morgan fingerprint density at radius 1 is 1.06 bits per heavy atom. The molecule has 36 heavy (non-hydrogen) atoms. The molecule has 4 atom stereocenters. The Balaban J connectivity index is 1.47. The average molecular weight is 505 g/mol. The van der Waals surface area contributed by atoms with E-state index in [4.69, 9.17) is 25.7 Å². The number of Topliss-reactive ketones (excluding diaryl/α,β-unsaturated/α-hetero) is 2. The molecule has 0 aromatic heterocycles. The van der Waals surface area contributed by atoms with E-state index < -0.39 is 35.7 Å². The highest BCUT2D eigenvalue weighted by molar-refractivity contribution is 6.25. The van der Waals surface area contributed by atoms with Crippen LogP contribution in [0.25, 0.3) is 0 Å². The van der Waals surface area contributed by atoms with Crippen LogP contribution in [-0.4, -0.2) is 78.2 Å². The summed E-state index contributed by atoms with van der Waals surface area (Å²) in [4.78, 5) is 54.0. The van der Waals surface area contributed by atoms with E-state index in [0.29, 0.717) is 6.61 Å². The van der Waals surface area contributed by atoms with Gasteiger partial charge in [0.2, 0.25) is 11.6 Å². The minimum absolute atomic E-state index is 0.132. The van der Waals surface area contributed by atoms with Gasteiger partial charge in [-0.3, -0.25) is 14.5 Å². The number of methoxy groups -OCH3 is 1. The van der Waals surface area contributed by atoms with Crippen molar-refractivity contribution in [3.8, 4) is 0 Å². The fourth-order valence-electron chi connectivity index (χ4n) is 6.02. The lowest BCUT2D eigenvalue weighted by molar-refractivity contribution is -0.144. The first-order chi connectivity index (χ1) is 17.2. The highest BCUT2D eigenvalue weighted by atomic mass is 16.6. The summed E-state index contributed by atoms with van der Waals surface area (Å²) >= 11 is 0. The maximum atomic E-state index is 13.2. The lowest BCUT2D eigenvalue weighted by Gasteiger charge is -2.40.